The lowest BCUT2D eigenvalue weighted by atomic mass is 10.2. The van der Waals surface area contributed by atoms with Crippen molar-refractivity contribution in [3.05, 3.63) is 59.4 Å². The fourth-order valence-corrected chi connectivity index (χ4v) is 3.54. The Balaban J connectivity index is 1.87. The van der Waals surface area contributed by atoms with Crippen LogP contribution in [0.15, 0.2) is 53.4 Å². The second kappa shape index (κ2) is 8.42. The SMILES string of the molecule is CN(CCCC(=O)Nc1ccccc1Cl)S(=O)(=O)c1ccc(F)cc1. The van der Waals surface area contributed by atoms with E-state index >= 15 is 0 Å². The number of nitrogens with zero attached hydrogens (tertiary/aromatic N) is 1. The van der Waals surface area contributed by atoms with Gasteiger partial charge in [0.1, 0.15) is 5.82 Å². The van der Waals surface area contributed by atoms with Crippen LogP contribution in [-0.2, 0) is 14.8 Å². The summed E-state index contributed by atoms with van der Waals surface area (Å²) in [5, 5.41) is 3.12. The Kier molecular flexibility index (Phi) is 6.52. The molecule has 1 N–H and O–H groups in total. The Morgan fingerprint density at radius 1 is 1.16 bits per heavy atom. The first kappa shape index (κ1) is 19.4. The monoisotopic (exact) mass is 384 g/mol. The van der Waals surface area contributed by atoms with Gasteiger partial charge in [-0.05, 0) is 42.8 Å². The molecule has 8 heteroatoms. The maximum absolute atomic E-state index is 12.9. The van der Waals surface area contributed by atoms with Gasteiger partial charge in [0, 0.05) is 20.0 Å². The second-order valence-corrected chi connectivity index (χ2v) is 7.86. The average molecular weight is 385 g/mol. The van der Waals surface area contributed by atoms with Crippen molar-refractivity contribution in [2.75, 3.05) is 18.9 Å². The summed E-state index contributed by atoms with van der Waals surface area (Å²) in [5.74, 6) is -0.751. The van der Waals surface area contributed by atoms with Gasteiger partial charge in [-0.15, -0.1) is 0 Å². The number of para-hydroxylation sites is 1. The lowest BCUT2D eigenvalue weighted by Gasteiger charge is -2.17. The summed E-state index contributed by atoms with van der Waals surface area (Å²) >= 11 is 5.96. The molecular formula is C17H18ClFN2O3S. The van der Waals surface area contributed by atoms with E-state index in [9.17, 15) is 17.6 Å². The Morgan fingerprint density at radius 3 is 2.44 bits per heavy atom. The number of benzene rings is 2. The van der Waals surface area contributed by atoms with Gasteiger partial charge >= 0.3 is 0 Å². The number of hydrogen-bond donors (Lipinski definition) is 1. The van der Waals surface area contributed by atoms with Crippen LogP contribution in [-0.4, -0.2) is 32.2 Å². The van der Waals surface area contributed by atoms with Crippen LogP contribution < -0.4 is 5.32 Å². The van der Waals surface area contributed by atoms with Crippen LogP contribution in [0.1, 0.15) is 12.8 Å². The van der Waals surface area contributed by atoms with E-state index in [1.54, 1.807) is 24.3 Å². The molecule has 5 nitrogen and oxygen atoms in total. The van der Waals surface area contributed by atoms with Crippen molar-refractivity contribution in [3.63, 3.8) is 0 Å². The number of rotatable bonds is 7. The minimum Gasteiger partial charge on any atom is -0.325 e. The van der Waals surface area contributed by atoms with Crippen molar-refractivity contribution in [1.82, 2.24) is 4.31 Å². The third kappa shape index (κ3) is 5.26. The van der Waals surface area contributed by atoms with E-state index < -0.39 is 15.8 Å². The summed E-state index contributed by atoms with van der Waals surface area (Å²) in [7, 11) is -2.28. The lowest BCUT2D eigenvalue weighted by molar-refractivity contribution is -0.116. The van der Waals surface area contributed by atoms with E-state index in [1.165, 1.54) is 19.2 Å². The standard InChI is InChI=1S/C17H18ClFN2O3S/c1-21(25(23,24)14-10-8-13(19)9-11-14)12-4-7-17(22)20-16-6-3-2-5-15(16)18/h2-3,5-6,8-11H,4,7,12H2,1H3,(H,20,22). The van der Waals surface area contributed by atoms with Crippen molar-refractivity contribution in [2.45, 2.75) is 17.7 Å². The molecule has 0 aliphatic rings. The molecule has 0 fully saturated rings. The van der Waals surface area contributed by atoms with Crippen molar-refractivity contribution in [3.8, 4) is 0 Å². The predicted octanol–water partition coefficient (Wildman–Crippen LogP) is 3.52. The normalized spacial score (nSPS) is 11.5. The fourth-order valence-electron chi connectivity index (χ4n) is 2.14. The molecule has 0 saturated carbocycles. The van der Waals surface area contributed by atoms with Crippen LogP contribution in [0.25, 0.3) is 0 Å². The molecule has 0 spiro atoms. The Morgan fingerprint density at radius 2 is 1.80 bits per heavy atom. The highest BCUT2D eigenvalue weighted by molar-refractivity contribution is 7.89. The molecule has 2 aromatic carbocycles. The van der Waals surface area contributed by atoms with Gasteiger partial charge in [0.25, 0.3) is 0 Å². The zero-order chi connectivity index (χ0) is 18.4. The molecule has 2 aromatic rings. The molecule has 134 valence electrons. The first-order valence-electron chi connectivity index (χ1n) is 7.57. The summed E-state index contributed by atoms with van der Waals surface area (Å²) in [6.45, 7) is 0.162. The first-order valence-corrected chi connectivity index (χ1v) is 9.39. The van der Waals surface area contributed by atoms with Crippen molar-refractivity contribution >= 4 is 33.2 Å². The topological polar surface area (TPSA) is 66.5 Å². The summed E-state index contributed by atoms with van der Waals surface area (Å²) in [6, 6.07) is 11.5. The third-order valence-corrected chi connectivity index (χ3v) is 5.75. The van der Waals surface area contributed by atoms with Gasteiger partial charge in [0.2, 0.25) is 15.9 Å². The predicted molar refractivity (Wildman–Crippen MR) is 95.5 cm³/mol. The van der Waals surface area contributed by atoms with Crippen molar-refractivity contribution in [1.29, 1.82) is 0 Å². The molecule has 2 rings (SSSR count). The molecule has 0 radical (unpaired) electrons. The molecule has 0 heterocycles. The Bertz CT molecular complexity index is 841. The average Bonchev–Trinajstić information content (AvgIpc) is 2.57. The maximum atomic E-state index is 12.9. The molecule has 0 aromatic heterocycles. The number of nitrogens with one attached hydrogen (secondary N) is 1. The molecule has 25 heavy (non-hydrogen) atoms. The smallest absolute Gasteiger partial charge is 0.242 e. The van der Waals surface area contributed by atoms with Gasteiger partial charge in [0.05, 0.1) is 15.6 Å². The van der Waals surface area contributed by atoms with Crippen molar-refractivity contribution < 1.29 is 17.6 Å². The summed E-state index contributed by atoms with van der Waals surface area (Å²) in [6.07, 6.45) is 0.488. The zero-order valence-electron chi connectivity index (χ0n) is 13.6. The number of halogens is 2. The minimum atomic E-state index is -3.71. The molecular weight excluding hydrogens is 367 g/mol. The summed E-state index contributed by atoms with van der Waals surface area (Å²) < 4.78 is 38.7. The van der Waals surface area contributed by atoms with Crippen LogP contribution in [0.2, 0.25) is 5.02 Å². The van der Waals surface area contributed by atoms with E-state index in [2.05, 4.69) is 5.32 Å². The van der Waals surface area contributed by atoms with E-state index in [0.29, 0.717) is 17.1 Å². The number of sulfonamides is 1. The largest absolute Gasteiger partial charge is 0.325 e. The maximum Gasteiger partial charge on any atom is 0.242 e. The highest BCUT2D eigenvalue weighted by Crippen LogP contribution is 2.21. The van der Waals surface area contributed by atoms with Crippen LogP contribution in [0.3, 0.4) is 0 Å². The quantitative estimate of drug-likeness (QED) is 0.794. The third-order valence-electron chi connectivity index (χ3n) is 3.55. The number of hydrogen-bond acceptors (Lipinski definition) is 3. The van der Waals surface area contributed by atoms with E-state index in [1.807, 2.05) is 0 Å². The summed E-state index contributed by atoms with van der Waals surface area (Å²) in [4.78, 5) is 11.9. The van der Waals surface area contributed by atoms with Gasteiger partial charge in [-0.25, -0.2) is 17.1 Å². The van der Waals surface area contributed by atoms with E-state index in [4.69, 9.17) is 11.6 Å². The van der Waals surface area contributed by atoms with Crippen LogP contribution in [0, 0.1) is 5.82 Å². The molecule has 1 amide bonds. The summed E-state index contributed by atoms with van der Waals surface area (Å²) in [5.41, 5.74) is 0.515. The molecule has 0 bridgehead atoms. The number of anilines is 1. The number of carbonyl (C=O) groups excluding carboxylic acids is 1. The fraction of sp³-hybridized carbons (Fsp3) is 0.235. The molecule has 0 aliphatic carbocycles. The van der Waals surface area contributed by atoms with Crippen molar-refractivity contribution in [2.24, 2.45) is 0 Å². The van der Waals surface area contributed by atoms with Gasteiger partial charge < -0.3 is 5.32 Å². The van der Waals surface area contributed by atoms with E-state index in [-0.39, 0.29) is 23.8 Å². The highest BCUT2D eigenvalue weighted by atomic mass is 35.5. The second-order valence-electron chi connectivity index (χ2n) is 5.41. The lowest BCUT2D eigenvalue weighted by Crippen LogP contribution is -2.28. The minimum absolute atomic E-state index is 0.0110. The van der Waals surface area contributed by atoms with Crippen LogP contribution >= 0.6 is 11.6 Å². The van der Waals surface area contributed by atoms with Gasteiger partial charge in [-0.2, -0.15) is 0 Å². The first-order chi connectivity index (χ1) is 11.8. The Hall–Kier alpha value is -1.96. The molecule has 0 unspecified atom stereocenters. The van der Waals surface area contributed by atoms with Gasteiger partial charge in [-0.1, -0.05) is 23.7 Å². The number of carbonyl (C=O) groups is 1. The molecule has 0 aliphatic heterocycles. The van der Waals surface area contributed by atoms with E-state index in [0.717, 1.165) is 16.4 Å². The van der Waals surface area contributed by atoms with Gasteiger partial charge in [-0.3, -0.25) is 4.79 Å². The Labute approximate surface area is 151 Å². The molecule has 0 atom stereocenters. The van der Waals surface area contributed by atoms with Crippen LogP contribution in [0.5, 0.6) is 0 Å². The molecule has 0 saturated heterocycles. The highest BCUT2D eigenvalue weighted by Gasteiger charge is 2.20. The van der Waals surface area contributed by atoms with Gasteiger partial charge in [0.15, 0.2) is 0 Å². The van der Waals surface area contributed by atoms with Crippen LogP contribution in [0.4, 0.5) is 10.1 Å². The number of amides is 1. The zero-order valence-corrected chi connectivity index (χ0v) is 15.1.